The first-order valence-electron chi connectivity index (χ1n) is 21.2. The van der Waals surface area contributed by atoms with E-state index in [-0.39, 0.29) is 70.3 Å². The molecule has 358 valence electrons. The zero-order chi connectivity index (χ0) is 47.9. The first-order chi connectivity index (χ1) is 31.3. The minimum Gasteiger partial charge on any atom is -0.497 e. The van der Waals surface area contributed by atoms with E-state index in [0.717, 1.165) is 17.2 Å². The van der Waals surface area contributed by atoms with Gasteiger partial charge in [0.15, 0.2) is 23.0 Å². The lowest BCUT2D eigenvalue weighted by Gasteiger charge is -2.51. The zero-order valence-electron chi connectivity index (χ0n) is 36.7. The highest BCUT2D eigenvalue weighted by molar-refractivity contribution is 6.68. The Bertz CT molecular complexity index is 2270. The molecule has 1 saturated heterocycles. The van der Waals surface area contributed by atoms with Crippen molar-refractivity contribution in [3.8, 4) is 17.2 Å². The fourth-order valence-electron chi connectivity index (χ4n) is 7.83. The van der Waals surface area contributed by atoms with Gasteiger partial charge in [0, 0.05) is 37.3 Å². The van der Waals surface area contributed by atoms with Crippen LogP contribution in [0.2, 0.25) is 0 Å². The van der Waals surface area contributed by atoms with Crippen LogP contribution >= 0.6 is 34.8 Å². The molecular weight excluding hydrogens is 936 g/mol. The van der Waals surface area contributed by atoms with Gasteiger partial charge in [0.1, 0.15) is 11.5 Å². The van der Waals surface area contributed by atoms with Crippen LogP contribution in [0, 0.1) is 27.6 Å². The molecule has 2 heterocycles. The van der Waals surface area contributed by atoms with Crippen molar-refractivity contribution in [3.05, 3.63) is 104 Å². The second kappa shape index (κ2) is 21.5. The number of carbonyl (C=O) groups is 3. The average molecular weight is 986 g/mol. The lowest BCUT2D eigenvalue weighted by Crippen LogP contribution is -2.66. The van der Waals surface area contributed by atoms with Crippen LogP contribution in [0.4, 0.5) is 22.8 Å². The first-order valence-corrected chi connectivity index (χ1v) is 22.3. The topological polar surface area (TPSA) is 159 Å². The van der Waals surface area contributed by atoms with Gasteiger partial charge in [-0.25, -0.2) is 18.4 Å². The molecule has 1 saturated carbocycles. The zero-order valence-corrected chi connectivity index (χ0v) is 38.9. The summed E-state index contributed by atoms with van der Waals surface area (Å²) in [5, 5.41) is 9.65. The Morgan fingerprint density at radius 2 is 1.50 bits per heavy atom. The Labute approximate surface area is 394 Å². The second-order valence-electron chi connectivity index (χ2n) is 16.5. The molecule has 2 fully saturated rings. The van der Waals surface area contributed by atoms with Crippen molar-refractivity contribution < 1.29 is 61.2 Å². The predicted octanol–water partition coefficient (Wildman–Crippen LogP) is 9.25. The Morgan fingerprint density at radius 1 is 0.848 bits per heavy atom. The molecule has 2 aliphatic heterocycles. The number of methoxy groups -OCH3 is 2. The molecule has 15 nitrogen and oxygen atoms in total. The van der Waals surface area contributed by atoms with Gasteiger partial charge in [-0.2, -0.15) is 4.39 Å². The van der Waals surface area contributed by atoms with Gasteiger partial charge in [-0.1, -0.05) is 59.1 Å². The number of amides is 3. The minimum absolute atomic E-state index is 0.0332. The van der Waals surface area contributed by atoms with E-state index in [2.05, 4.69) is 4.84 Å². The fourth-order valence-corrected chi connectivity index (χ4v) is 7.94. The van der Waals surface area contributed by atoms with Crippen LogP contribution in [0.5, 0.6) is 17.2 Å². The summed E-state index contributed by atoms with van der Waals surface area (Å²) in [6.45, 7) is 2.45. The van der Waals surface area contributed by atoms with Crippen LogP contribution in [0.1, 0.15) is 69.1 Å². The number of fused-ring (bicyclic) bond motifs is 2. The van der Waals surface area contributed by atoms with Gasteiger partial charge >= 0.3 is 12.2 Å². The smallest absolute Gasteiger partial charge is 0.411 e. The molecule has 0 aromatic heterocycles. The summed E-state index contributed by atoms with van der Waals surface area (Å²) in [5.41, 5.74) is 1.43. The number of hydrogen-bond acceptors (Lipinski definition) is 11. The van der Waals surface area contributed by atoms with Gasteiger partial charge in [0.05, 0.1) is 46.1 Å². The molecule has 3 aromatic rings. The third kappa shape index (κ3) is 12.2. The molecule has 3 aliphatic rings. The molecule has 2 bridgehead atoms. The summed E-state index contributed by atoms with van der Waals surface area (Å²) in [4.78, 5) is 63.1. The number of carbonyl (C=O) groups excluding carboxylic acids is 3. The summed E-state index contributed by atoms with van der Waals surface area (Å²) < 4.78 is 67.7. The monoisotopic (exact) mass is 984 g/mol. The highest BCUT2D eigenvalue weighted by atomic mass is 35.6. The van der Waals surface area contributed by atoms with Crippen molar-refractivity contribution in [1.29, 1.82) is 0 Å². The van der Waals surface area contributed by atoms with Gasteiger partial charge in [0.2, 0.25) is 9.61 Å². The van der Waals surface area contributed by atoms with Crippen LogP contribution in [0.15, 0.2) is 60.2 Å². The summed E-state index contributed by atoms with van der Waals surface area (Å²) in [6, 6.07) is 12.1. The number of hydrogen-bond donors (Lipinski definition) is 0. The van der Waals surface area contributed by atoms with Crippen molar-refractivity contribution in [2.75, 3.05) is 47.1 Å². The number of aryl methyl sites for hydroxylation is 1. The summed E-state index contributed by atoms with van der Waals surface area (Å²) >= 11 is 18.8. The molecule has 0 spiro atoms. The largest absolute Gasteiger partial charge is 0.497 e. The van der Waals surface area contributed by atoms with Crippen LogP contribution in [0.3, 0.4) is 0 Å². The number of halogens is 6. The Morgan fingerprint density at radius 3 is 2.12 bits per heavy atom. The molecule has 0 radical (unpaired) electrons. The number of benzene rings is 3. The number of piperazine rings is 1. The fraction of sp³-hybridized carbons (Fsp3) is 0.489. The molecule has 0 N–H and O–H groups in total. The van der Waals surface area contributed by atoms with Gasteiger partial charge in [-0.05, 0) is 105 Å². The third-order valence-electron chi connectivity index (χ3n) is 11.5. The molecule has 3 aromatic carbocycles. The van der Waals surface area contributed by atoms with E-state index < -0.39 is 67.9 Å². The Kier molecular flexibility index (Phi) is 16.3. The van der Waals surface area contributed by atoms with Gasteiger partial charge < -0.3 is 38.3 Å². The van der Waals surface area contributed by atoms with Crippen molar-refractivity contribution in [3.63, 3.8) is 0 Å². The lowest BCUT2D eigenvalue weighted by atomic mass is 9.81. The van der Waals surface area contributed by atoms with E-state index >= 15 is 4.79 Å². The van der Waals surface area contributed by atoms with Crippen LogP contribution in [-0.4, -0.2) is 113 Å². The number of rotatable bonds is 19. The summed E-state index contributed by atoms with van der Waals surface area (Å²) in [6.07, 6.45) is 1.19. The number of nitrogens with zero attached hydrogens (tertiary/aromatic N) is 4. The number of alkyl halides is 3. The first kappa shape index (κ1) is 50.1. The van der Waals surface area contributed by atoms with Crippen molar-refractivity contribution in [2.45, 2.75) is 92.9 Å². The number of ether oxygens (including phenoxy) is 5. The predicted molar refractivity (Wildman–Crippen MR) is 237 cm³/mol. The third-order valence-corrected chi connectivity index (χ3v) is 12.9. The van der Waals surface area contributed by atoms with E-state index in [4.69, 9.17) is 58.5 Å². The summed E-state index contributed by atoms with van der Waals surface area (Å²) in [5.74, 6) is -3.79. The van der Waals surface area contributed by atoms with E-state index in [1.807, 2.05) is 24.3 Å². The number of unbranched alkanes of at least 4 members (excludes halogenated alkanes) is 1. The molecule has 1 aliphatic carbocycles. The molecule has 21 heteroatoms. The Hall–Kier alpha value is -5.33. The molecule has 2 atom stereocenters. The van der Waals surface area contributed by atoms with E-state index in [9.17, 15) is 32.9 Å². The second-order valence-corrected chi connectivity index (χ2v) is 18.8. The molecule has 66 heavy (non-hydrogen) atoms. The maximum absolute atomic E-state index is 15.5. The normalized spacial score (nSPS) is 17.2. The van der Waals surface area contributed by atoms with E-state index in [0.29, 0.717) is 54.4 Å². The maximum atomic E-state index is 15.5. The van der Waals surface area contributed by atoms with E-state index in [1.54, 1.807) is 23.1 Å². The van der Waals surface area contributed by atoms with Gasteiger partial charge in [-0.15, -0.1) is 10.1 Å². The maximum Gasteiger partial charge on any atom is 0.411 e. The summed E-state index contributed by atoms with van der Waals surface area (Å²) in [7, 11) is 3.04. The quantitative estimate of drug-likeness (QED) is 0.0371. The van der Waals surface area contributed by atoms with Crippen molar-refractivity contribution in [1.82, 2.24) is 14.7 Å². The molecule has 2 unspecified atom stereocenters. The Balaban J connectivity index is 1.35. The molecule has 6 rings (SSSR count). The van der Waals surface area contributed by atoms with Crippen molar-refractivity contribution in [2.24, 2.45) is 0 Å². The standard InChI is InChI=1S/C45H50Cl3F3N4O11/c1-44(2,45(46,47)48)66-43(58)54-31-22-34(29-11-9-27(10-12-29)8-7-18-63-40-36(50)16-15-35(49)39(40)51)38(37(54)26-52(25-31)42(57)64-17-5-6-19-65-55(59)60)41(56)53(30-13-14-30)24-28-20-32(61-3)23-33(21-28)62-4/h9-12,15-16,20-21,23,30-31,37H,5-8,13-14,17-19,22,24-26H2,1-4H3. The van der Waals surface area contributed by atoms with Crippen LogP contribution < -0.4 is 14.2 Å². The van der Waals surface area contributed by atoms with Crippen LogP contribution in [-0.2, 0) is 32.1 Å². The average Bonchev–Trinajstić information content (AvgIpc) is 4.12. The van der Waals surface area contributed by atoms with Gasteiger partial charge in [-0.3, -0.25) is 9.69 Å². The highest BCUT2D eigenvalue weighted by Crippen LogP contribution is 2.45. The molecule has 3 amide bonds. The van der Waals surface area contributed by atoms with E-state index in [1.165, 1.54) is 37.9 Å². The van der Waals surface area contributed by atoms with Crippen molar-refractivity contribution >= 4 is 58.5 Å². The highest BCUT2D eigenvalue weighted by Gasteiger charge is 2.52. The SMILES string of the molecule is COc1cc(CN(C(=O)C2=C(c3ccc(CCCOc4c(F)ccc(F)c4F)cc3)CC3CN(C(=O)OCCCCO[N+](=O)[O-])CC2N3C(=O)OC(C)(C)C(Cl)(Cl)Cl)C2CC2)cc(OC)c1. The van der Waals surface area contributed by atoms with Gasteiger partial charge in [0.25, 0.3) is 11.0 Å². The van der Waals surface area contributed by atoms with Crippen LogP contribution in [0.25, 0.3) is 5.57 Å². The molecular formula is C45H50Cl3F3N4O11. The minimum atomic E-state index is -2.05. The lowest BCUT2D eigenvalue weighted by molar-refractivity contribution is -0.757.